The molecule has 0 radical (unpaired) electrons. The van der Waals surface area contributed by atoms with Gasteiger partial charge in [0.2, 0.25) is 5.91 Å². The maximum Gasteiger partial charge on any atom is 0.340 e. The lowest BCUT2D eigenvalue weighted by Crippen LogP contribution is -2.37. The molecule has 2 N–H and O–H groups in total. The third kappa shape index (κ3) is 6.55. The average Bonchev–Trinajstić information content (AvgIpc) is 3.36. The number of carbonyl (C=O) groups is 3. The molecule has 9 nitrogen and oxygen atoms in total. The summed E-state index contributed by atoms with van der Waals surface area (Å²) in [4.78, 5) is 36.8. The van der Waals surface area contributed by atoms with E-state index in [1.54, 1.807) is 0 Å². The summed E-state index contributed by atoms with van der Waals surface area (Å²) >= 11 is 7.79. The highest BCUT2D eigenvalue weighted by Gasteiger charge is 2.31. The third-order valence-electron chi connectivity index (χ3n) is 3.07. The second-order valence-electron chi connectivity index (χ2n) is 5.16. The molecule has 1 aliphatic rings. The highest BCUT2D eigenvalue weighted by molar-refractivity contribution is 14.1. The first-order valence-corrected chi connectivity index (χ1v) is 12.8. The number of halogens is 4. The molecule has 148 valence electrons. The van der Waals surface area contributed by atoms with Crippen LogP contribution in [0.1, 0.15) is 20.7 Å². The number of carbonyl (C=O) groups excluding carboxylic acids is 3. The minimum Gasteiger partial charge on any atom is -0.459 e. The smallest absolute Gasteiger partial charge is 0.340 e. The van der Waals surface area contributed by atoms with E-state index in [1.165, 1.54) is 0 Å². The van der Waals surface area contributed by atoms with E-state index in [-0.39, 0.29) is 23.8 Å². The molecule has 27 heavy (non-hydrogen) atoms. The molecule has 2 rings (SSSR count). The van der Waals surface area contributed by atoms with Gasteiger partial charge in [-0.3, -0.25) is 19.5 Å². The molecule has 1 atom stereocenters. The Balaban J connectivity index is 2.41. The van der Waals surface area contributed by atoms with Crippen molar-refractivity contribution in [3.63, 3.8) is 0 Å². The van der Waals surface area contributed by atoms with Crippen molar-refractivity contribution in [2.75, 3.05) is 19.0 Å². The van der Waals surface area contributed by atoms with Crippen molar-refractivity contribution in [3.05, 3.63) is 25.4 Å². The number of hydrogen-bond donors (Lipinski definition) is 2. The number of amides is 2. The van der Waals surface area contributed by atoms with Crippen molar-refractivity contribution in [1.82, 2.24) is 5.32 Å². The van der Waals surface area contributed by atoms with Crippen LogP contribution >= 0.6 is 90.4 Å². The van der Waals surface area contributed by atoms with Gasteiger partial charge in [0.1, 0.15) is 12.7 Å². The van der Waals surface area contributed by atoms with Crippen LogP contribution in [0.2, 0.25) is 0 Å². The summed E-state index contributed by atoms with van der Waals surface area (Å²) in [5.74, 6) is -4.20. The summed E-state index contributed by atoms with van der Waals surface area (Å²) in [5, 5.41) is 1.88. The molecule has 0 bridgehead atoms. The molecule has 1 unspecified atom stereocenters. The second kappa shape index (κ2) is 9.62. The molecule has 1 fully saturated rings. The Labute approximate surface area is 208 Å². The molecule has 0 saturated carbocycles. The molecule has 1 heterocycles. The summed E-state index contributed by atoms with van der Waals surface area (Å²) < 4.78 is 42.8. The minimum absolute atomic E-state index is 0.0254. The predicted molar refractivity (Wildman–Crippen MR) is 126 cm³/mol. The molecule has 1 aromatic carbocycles. The minimum atomic E-state index is -4.60. The fourth-order valence-corrected chi connectivity index (χ4v) is 5.89. The number of ether oxygens (including phenoxy) is 2. The van der Waals surface area contributed by atoms with Crippen LogP contribution in [-0.2, 0) is 24.4 Å². The topological polar surface area (TPSA) is 139 Å². The van der Waals surface area contributed by atoms with Crippen LogP contribution in [0.5, 0.6) is 0 Å². The van der Waals surface area contributed by atoms with Crippen LogP contribution in [0.3, 0.4) is 0 Å². The Hall–Kier alpha value is 0.620. The van der Waals surface area contributed by atoms with Crippen LogP contribution in [0, 0.1) is 14.3 Å². The number of nitrogens with one attached hydrogen (secondary N) is 1. The van der Waals surface area contributed by atoms with E-state index in [4.69, 9.17) is 14.0 Å². The first kappa shape index (κ1) is 23.9. The molecule has 0 spiro atoms. The Kier molecular flexibility index (Phi) is 8.51. The van der Waals surface area contributed by atoms with Gasteiger partial charge in [0.15, 0.2) is 5.75 Å². The second-order valence-corrected chi connectivity index (χ2v) is 10.9. The highest BCUT2D eigenvalue weighted by atomic mass is 127. The van der Waals surface area contributed by atoms with Gasteiger partial charge in [0, 0.05) is 14.3 Å². The van der Waals surface area contributed by atoms with Gasteiger partial charge in [-0.05, 0) is 90.4 Å². The van der Waals surface area contributed by atoms with E-state index in [9.17, 15) is 22.8 Å². The Morgan fingerprint density at radius 1 is 1.07 bits per heavy atom. The van der Waals surface area contributed by atoms with Crippen molar-refractivity contribution in [2.24, 2.45) is 0 Å². The highest BCUT2D eigenvalue weighted by Crippen LogP contribution is 2.33. The first-order chi connectivity index (χ1) is 12.4. The zero-order valence-corrected chi connectivity index (χ0v) is 22.4. The Bertz CT molecular complexity index is 929. The molecule has 1 aliphatic heterocycles. The number of esters is 1. The summed E-state index contributed by atoms with van der Waals surface area (Å²) in [7, 11) is -4.60. The summed E-state index contributed by atoms with van der Waals surface area (Å²) in [6.07, 6.45) is -0.165. The largest absolute Gasteiger partial charge is 0.459 e. The number of epoxide rings is 1. The van der Waals surface area contributed by atoms with Gasteiger partial charge in [-0.2, -0.15) is 8.42 Å². The lowest BCUT2D eigenvalue weighted by atomic mass is 10.1. The van der Waals surface area contributed by atoms with E-state index in [1.807, 2.05) is 95.7 Å². The van der Waals surface area contributed by atoms with Crippen molar-refractivity contribution in [3.8, 4) is 0 Å². The number of imide groups is 1. The molecular formula is C13H9I4NO8S. The van der Waals surface area contributed by atoms with Crippen molar-refractivity contribution < 1.29 is 36.8 Å². The fourth-order valence-electron chi connectivity index (χ4n) is 1.83. The van der Waals surface area contributed by atoms with Gasteiger partial charge >= 0.3 is 5.97 Å². The molecule has 1 aromatic rings. The third-order valence-corrected chi connectivity index (χ3v) is 11.1. The number of rotatable bonds is 6. The van der Waals surface area contributed by atoms with E-state index >= 15 is 0 Å². The molecule has 2 amide bonds. The predicted octanol–water partition coefficient (Wildman–Crippen LogP) is 1.80. The van der Waals surface area contributed by atoms with E-state index < -0.39 is 33.7 Å². The zero-order chi connectivity index (χ0) is 20.5. The lowest BCUT2D eigenvalue weighted by molar-refractivity contribution is -0.117. The first-order valence-electron chi connectivity index (χ1n) is 6.86. The normalized spacial score (nSPS) is 16.0. The fraction of sp³-hybridized carbons (Fsp3) is 0.308. The van der Waals surface area contributed by atoms with Gasteiger partial charge in [-0.1, -0.05) is 0 Å². The summed E-state index contributed by atoms with van der Waals surface area (Å²) in [6, 6.07) is 0. The van der Waals surface area contributed by atoms with Crippen LogP contribution in [-0.4, -0.2) is 55.8 Å². The van der Waals surface area contributed by atoms with Crippen LogP contribution in [0.4, 0.5) is 0 Å². The zero-order valence-electron chi connectivity index (χ0n) is 12.9. The Morgan fingerprint density at radius 2 is 1.59 bits per heavy atom. The standard InChI is InChI=1S/C13H9I4NO8S/c14-8-6(12(20)18-5(19)3-27(22,23)24)7(9(15)11(17)10(8)16)13(21)26-2-4-1-25-4/h4H,1-3H2,(H,18,19,20)(H,22,23,24). The van der Waals surface area contributed by atoms with Crippen LogP contribution < -0.4 is 5.32 Å². The quantitative estimate of drug-likeness (QED) is 0.111. The van der Waals surface area contributed by atoms with Gasteiger partial charge in [0.25, 0.3) is 16.0 Å². The maximum absolute atomic E-state index is 12.6. The molecule has 0 aromatic heterocycles. The lowest BCUT2D eigenvalue weighted by Gasteiger charge is -2.16. The van der Waals surface area contributed by atoms with Gasteiger partial charge in [-0.15, -0.1) is 0 Å². The van der Waals surface area contributed by atoms with Gasteiger partial charge in [0.05, 0.1) is 17.7 Å². The van der Waals surface area contributed by atoms with Gasteiger partial charge in [-0.25, -0.2) is 4.79 Å². The number of hydrogen-bond acceptors (Lipinski definition) is 7. The van der Waals surface area contributed by atoms with E-state index in [0.717, 1.165) is 3.57 Å². The van der Waals surface area contributed by atoms with Gasteiger partial charge < -0.3 is 9.47 Å². The molecular weight excluding hydrogens is 838 g/mol. The van der Waals surface area contributed by atoms with E-state index in [2.05, 4.69) is 0 Å². The van der Waals surface area contributed by atoms with Crippen molar-refractivity contribution in [2.45, 2.75) is 6.10 Å². The van der Waals surface area contributed by atoms with Crippen molar-refractivity contribution >= 4 is 118 Å². The summed E-state index contributed by atoms with van der Waals surface area (Å²) in [5.41, 5.74) is -0.127. The SMILES string of the molecule is O=C(CS(=O)(=O)O)NC(=O)c1c(I)c(I)c(I)c(I)c1C(=O)OCC1CO1. The monoisotopic (exact) mass is 847 g/mol. The molecule has 0 aliphatic carbocycles. The Morgan fingerprint density at radius 3 is 2.07 bits per heavy atom. The summed E-state index contributed by atoms with van der Waals surface area (Å²) in [6.45, 7) is 0.528. The molecule has 1 saturated heterocycles. The van der Waals surface area contributed by atoms with Crippen LogP contribution in [0.15, 0.2) is 0 Å². The maximum atomic E-state index is 12.6. The molecule has 14 heteroatoms. The van der Waals surface area contributed by atoms with Crippen LogP contribution in [0.25, 0.3) is 0 Å². The van der Waals surface area contributed by atoms with Crippen molar-refractivity contribution in [1.29, 1.82) is 0 Å². The average molecular weight is 847 g/mol. The van der Waals surface area contributed by atoms with E-state index in [0.29, 0.717) is 17.3 Å². The number of benzene rings is 1.